The van der Waals surface area contributed by atoms with E-state index in [1.807, 2.05) is 38.1 Å². The fraction of sp³-hybridized carbons (Fsp3) is 0.250. The first kappa shape index (κ1) is 20.7. The summed E-state index contributed by atoms with van der Waals surface area (Å²) >= 11 is 0. The van der Waals surface area contributed by atoms with Crippen LogP contribution in [-0.4, -0.2) is 27.5 Å². The van der Waals surface area contributed by atoms with E-state index in [0.717, 1.165) is 16.9 Å². The van der Waals surface area contributed by atoms with Gasteiger partial charge in [0.25, 0.3) is 0 Å². The van der Waals surface area contributed by atoms with Crippen LogP contribution in [0.1, 0.15) is 25.0 Å². The second kappa shape index (κ2) is 9.34. The molecule has 0 saturated heterocycles. The number of hydrogen-bond donors (Lipinski definition) is 2. The zero-order chi connectivity index (χ0) is 19.9. The summed E-state index contributed by atoms with van der Waals surface area (Å²) in [6.07, 6.45) is 3.16. The van der Waals surface area contributed by atoms with E-state index < -0.39 is 10.0 Å². The van der Waals surface area contributed by atoms with Gasteiger partial charge < -0.3 is 10.1 Å². The second-order valence-electron chi connectivity index (χ2n) is 6.14. The Hall–Kier alpha value is -2.64. The lowest BCUT2D eigenvalue weighted by Gasteiger charge is -2.10. The molecule has 0 heterocycles. The first-order valence-electron chi connectivity index (χ1n) is 8.55. The Morgan fingerprint density at radius 1 is 1.07 bits per heavy atom. The third-order valence-electron chi connectivity index (χ3n) is 3.65. The molecule has 2 rings (SSSR count). The third kappa shape index (κ3) is 6.54. The summed E-state index contributed by atoms with van der Waals surface area (Å²) < 4.78 is 31.2. The Labute approximate surface area is 160 Å². The maximum absolute atomic E-state index is 11.9. The van der Waals surface area contributed by atoms with Crippen molar-refractivity contribution in [1.29, 1.82) is 0 Å². The van der Waals surface area contributed by atoms with Gasteiger partial charge in [0.05, 0.1) is 11.0 Å². The van der Waals surface area contributed by atoms with Crippen molar-refractivity contribution in [2.45, 2.75) is 31.4 Å². The molecule has 0 aliphatic carbocycles. The summed E-state index contributed by atoms with van der Waals surface area (Å²) in [6, 6.07) is 13.8. The van der Waals surface area contributed by atoms with Crippen molar-refractivity contribution in [3.05, 3.63) is 65.7 Å². The highest BCUT2D eigenvalue weighted by atomic mass is 32.2. The van der Waals surface area contributed by atoms with Crippen LogP contribution in [0.25, 0.3) is 6.08 Å². The highest BCUT2D eigenvalue weighted by molar-refractivity contribution is 7.89. The number of carbonyl (C=O) groups excluding carboxylic acids is 1. The SMILES string of the molecule is CNS(=O)(=O)c1ccc(/C=C/C(=O)NCc2ccc(OC(C)C)cc2)cc1. The molecule has 0 unspecified atom stereocenters. The largest absolute Gasteiger partial charge is 0.491 e. The van der Waals surface area contributed by atoms with Gasteiger partial charge in [0.1, 0.15) is 5.75 Å². The molecular weight excluding hydrogens is 364 g/mol. The van der Waals surface area contributed by atoms with Gasteiger partial charge >= 0.3 is 0 Å². The molecule has 0 bridgehead atoms. The number of amides is 1. The fourth-order valence-electron chi connectivity index (χ4n) is 2.25. The Bertz CT molecular complexity index is 887. The maximum Gasteiger partial charge on any atom is 0.244 e. The van der Waals surface area contributed by atoms with Crippen LogP contribution in [0.3, 0.4) is 0 Å². The van der Waals surface area contributed by atoms with Gasteiger partial charge in [0.2, 0.25) is 15.9 Å². The standard InChI is InChI=1S/C20H24N2O4S/c1-15(2)26-18-9-4-17(5-10-18)14-22-20(23)13-8-16-6-11-19(12-7-16)27(24,25)21-3/h4-13,15,21H,14H2,1-3H3,(H,22,23)/b13-8+. The van der Waals surface area contributed by atoms with E-state index in [1.165, 1.54) is 25.3 Å². The Morgan fingerprint density at radius 3 is 2.26 bits per heavy atom. The van der Waals surface area contributed by atoms with E-state index in [0.29, 0.717) is 6.54 Å². The molecule has 0 radical (unpaired) electrons. The van der Waals surface area contributed by atoms with Gasteiger partial charge in [0, 0.05) is 12.6 Å². The summed E-state index contributed by atoms with van der Waals surface area (Å²) in [7, 11) is -2.10. The summed E-state index contributed by atoms with van der Waals surface area (Å²) in [5.74, 6) is 0.563. The zero-order valence-corrected chi connectivity index (χ0v) is 16.4. The number of nitrogens with one attached hydrogen (secondary N) is 2. The number of carbonyl (C=O) groups is 1. The zero-order valence-electron chi connectivity index (χ0n) is 15.6. The van der Waals surface area contributed by atoms with Gasteiger partial charge in [-0.05, 0) is 62.4 Å². The topological polar surface area (TPSA) is 84.5 Å². The van der Waals surface area contributed by atoms with Crippen molar-refractivity contribution in [2.24, 2.45) is 0 Å². The number of hydrogen-bond acceptors (Lipinski definition) is 4. The number of benzene rings is 2. The molecular formula is C20H24N2O4S. The van der Waals surface area contributed by atoms with Crippen LogP contribution in [0.2, 0.25) is 0 Å². The van der Waals surface area contributed by atoms with Gasteiger partial charge in [-0.15, -0.1) is 0 Å². The van der Waals surface area contributed by atoms with Crippen LogP contribution < -0.4 is 14.8 Å². The van der Waals surface area contributed by atoms with E-state index in [9.17, 15) is 13.2 Å². The molecule has 2 aromatic rings. The molecule has 0 aromatic heterocycles. The third-order valence-corrected chi connectivity index (χ3v) is 5.08. The average Bonchev–Trinajstić information content (AvgIpc) is 2.65. The van der Waals surface area contributed by atoms with E-state index in [-0.39, 0.29) is 16.9 Å². The molecule has 2 aromatic carbocycles. The normalized spacial score (nSPS) is 11.7. The molecule has 0 saturated carbocycles. The van der Waals surface area contributed by atoms with Crippen molar-refractivity contribution >= 4 is 22.0 Å². The van der Waals surface area contributed by atoms with Crippen molar-refractivity contribution in [2.75, 3.05) is 7.05 Å². The molecule has 7 heteroatoms. The van der Waals surface area contributed by atoms with Gasteiger partial charge in [0.15, 0.2) is 0 Å². The quantitative estimate of drug-likeness (QED) is 0.681. The van der Waals surface area contributed by atoms with Crippen LogP contribution in [0.5, 0.6) is 5.75 Å². The van der Waals surface area contributed by atoms with Crippen molar-refractivity contribution in [3.8, 4) is 5.75 Å². The predicted molar refractivity (Wildman–Crippen MR) is 106 cm³/mol. The van der Waals surface area contributed by atoms with Crippen LogP contribution in [0.15, 0.2) is 59.5 Å². The monoisotopic (exact) mass is 388 g/mol. The number of ether oxygens (including phenoxy) is 1. The van der Waals surface area contributed by atoms with E-state index >= 15 is 0 Å². The minimum absolute atomic E-state index is 0.119. The van der Waals surface area contributed by atoms with Crippen LogP contribution in [0, 0.1) is 0 Å². The minimum atomic E-state index is -3.46. The molecule has 0 aliphatic rings. The van der Waals surface area contributed by atoms with E-state index in [2.05, 4.69) is 10.0 Å². The van der Waals surface area contributed by atoms with E-state index in [1.54, 1.807) is 18.2 Å². The van der Waals surface area contributed by atoms with Crippen molar-refractivity contribution in [3.63, 3.8) is 0 Å². The molecule has 1 amide bonds. The minimum Gasteiger partial charge on any atom is -0.491 e. The van der Waals surface area contributed by atoms with Gasteiger partial charge in [-0.2, -0.15) is 0 Å². The Balaban J connectivity index is 1.88. The molecule has 0 aliphatic heterocycles. The van der Waals surface area contributed by atoms with Gasteiger partial charge in [-0.25, -0.2) is 13.1 Å². The molecule has 0 spiro atoms. The molecule has 27 heavy (non-hydrogen) atoms. The highest BCUT2D eigenvalue weighted by Gasteiger charge is 2.09. The van der Waals surface area contributed by atoms with Crippen LogP contribution >= 0.6 is 0 Å². The average molecular weight is 388 g/mol. The summed E-state index contributed by atoms with van der Waals surface area (Å²) in [5.41, 5.74) is 1.70. The summed E-state index contributed by atoms with van der Waals surface area (Å²) in [6.45, 7) is 4.34. The fourth-order valence-corrected chi connectivity index (χ4v) is 2.98. The van der Waals surface area contributed by atoms with Crippen molar-refractivity contribution in [1.82, 2.24) is 10.0 Å². The maximum atomic E-state index is 11.9. The van der Waals surface area contributed by atoms with Crippen molar-refractivity contribution < 1.29 is 17.9 Å². The smallest absolute Gasteiger partial charge is 0.244 e. The lowest BCUT2D eigenvalue weighted by Crippen LogP contribution is -2.20. The van der Waals surface area contributed by atoms with Gasteiger partial charge in [-0.1, -0.05) is 24.3 Å². The Morgan fingerprint density at radius 2 is 1.70 bits per heavy atom. The Kier molecular flexibility index (Phi) is 7.15. The predicted octanol–water partition coefficient (Wildman–Crippen LogP) is 2.71. The second-order valence-corrected chi connectivity index (χ2v) is 8.02. The first-order chi connectivity index (χ1) is 12.8. The molecule has 2 N–H and O–H groups in total. The highest BCUT2D eigenvalue weighted by Crippen LogP contribution is 2.14. The first-order valence-corrected chi connectivity index (χ1v) is 10.0. The van der Waals surface area contributed by atoms with Crippen LogP contribution in [-0.2, 0) is 21.4 Å². The molecule has 0 fully saturated rings. The molecule has 6 nitrogen and oxygen atoms in total. The summed E-state index contributed by atoms with van der Waals surface area (Å²) in [4.78, 5) is 12.1. The summed E-state index contributed by atoms with van der Waals surface area (Å²) in [5, 5.41) is 2.80. The molecule has 0 atom stereocenters. The number of sulfonamides is 1. The van der Waals surface area contributed by atoms with E-state index in [4.69, 9.17) is 4.74 Å². The lowest BCUT2D eigenvalue weighted by molar-refractivity contribution is -0.116. The lowest BCUT2D eigenvalue weighted by atomic mass is 10.2. The number of rotatable bonds is 8. The molecule has 144 valence electrons. The van der Waals surface area contributed by atoms with Gasteiger partial charge in [-0.3, -0.25) is 4.79 Å². The van der Waals surface area contributed by atoms with Crippen LogP contribution in [0.4, 0.5) is 0 Å².